The van der Waals surface area contributed by atoms with Crippen molar-refractivity contribution in [2.75, 3.05) is 5.32 Å². The van der Waals surface area contributed by atoms with Gasteiger partial charge >= 0.3 is 0 Å². The molecule has 0 saturated heterocycles. The molecule has 0 bridgehead atoms. The van der Waals surface area contributed by atoms with E-state index in [-0.39, 0.29) is 5.91 Å². The third-order valence-corrected chi connectivity index (χ3v) is 3.77. The standard InChI is InChI=1S/C14H19N3OS/c1-8(2)6-10(15)13(18)17-14-16-11-5-4-9(3)7-12(11)19-14/h4-5,7-8,10H,6,15H2,1-3H3,(H,16,17,18)/t10-/m0/s1. The second kappa shape index (κ2) is 5.67. The van der Waals surface area contributed by atoms with Crippen LogP contribution in [0.3, 0.4) is 0 Å². The second-order valence-corrected chi connectivity index (χ2v) is 6.25. The average molecular weight is 277 g/mol. The molecule has 0 aliphatic rings. The number of aromatic nitrogens is 1. The normalized spacial score (nSPS) is 12.9. The van der Waals surface area contributed by atoms with E-state index in [9.17, 15) is 4.79 Å². The smallest absolute Gasteiger partial charge is 0.243 e. The molecule has 1 aromatic carbocycles. The Kier molecular flexibility index (Phi) is 4.17. The van der Waals surface area contributed by atoms with Crippen LogP contribution in [0, 0.1) is 12.8 Å². The van der Waals surface area contributed by atoms with Crippen molar-refractivity contribution in [1.82, 2.24) is 4.98 Å². The monoisotopic (exact) mass is 277 g/mol. The van der Waals surface area contributed by atoms with E-state index in [1.54, 1.807) is 0 Å². The van der Waals surface area contributed by atoms with Gasteiger partial charge in [0.25, 0.3) is 0 Å². The number of nitrogens with one attached hydrogen (secondary N) is 1. The molecule has 4 nitrogen and oxygen atoms in total. The summed E-state index contributed by atoms with van der Waals surface area (Å²) < 4.78 is 1.08. The molecule has 0 spiro atoms. The Hall–Kier alpha value is -1.46. The lowest BCUT2D eigenvalue weighted by Gasteiger charge is -2.12. The van der Waals surface area contributed by atoms with Crippen LogP contribution in [0.15, 0.2) is 18.2 Å². The van der Waals surface area contributed by atoms with Gasteiger partial charge in [-0.25, -0.2) is 4.98 Å². The minimum absolute atomic E-state index is 0.163. The lowest BCUT2D eigenvalue weighted by molar-refractivity contribution is -0.117. The van der Waals surface area contributed by atoms with Gasteiger partial charge in [0.05, 0.1) is 16.3 Å². The molecule has 1 amide bonds. The van der Waals surface area contributed by atoms with Crippen LogP contribution in [0.25, 0.3) is 10.2 Å². The Morgan fingerprint density at radius 1 is 1.47 bits per heavy atom. The molecule has 1 aromatic heterocycles. The maximum absolute atomic E-state index is 11.9. The number of nitrogens with zero attached hydrogens (tertiary/aromatic N) is 1. The summed E-state index contributed by atoms with van der Waals surface area (Å²) in [5, 5.41) is 3.41. The number of aryl methyl sites for hydroxylation is 1. The SMILES string of the molecule is Cc1ccc2nc(NC(=O)[C@@H](N)CC(C)C)sc2c1. The van der Waals surface area contributed by atoms with Crippen molar-refractivity contribution in [2.24, 2.45) is 11.7 Å². The number of rotatable bonds is 4. The molecular weight excluding hydrogens is 258 g/mol. The van der Waals surface area contributed by atoms with Crippen LogP contribution in [0.5, 0.6) is 0 Å². The number of carbonyl (C=O) groups is 1. The van der Waals surface area contributed by atoms with Crippen molar-refractivity contribution in [3.8, 4) is 0 Å². The van der Waals surface area contributed by atoms with Crippen LogP contribution in [0.2, 0.25) is 0 Å². The molecule has 0 radical (unpaired) electrons. The lowest BCUT2D eigenvalue weighted by atomic mass is 10.0. The summed E-state index contributed by atoms with van der Waals surface area (Å²) in [5.74, 6) is 0.239. The first-order valence-corrected chi connectivity index (χ1v) is 7.21. The first-order valence-electron chi connectivity index (χ1n) is 6.39. The maximum atomic E-state index is 11.9. The molecule has 2 aromatic rings. The first kappa shape index (κ1) is 14.0. The van der Waals surface area contributed by atoms with Gasteiger partial charge in [-0.05, 0) is 37.0 Å². The molecule has 0 aliphatic carbocycles. The molecule has 0 aliphatic heterocycles. The minimum atomic E-state index is -0.478. The van der Waals surface area contributed by atoms with E-state index in [0.29, 0.717) is 17.5 Å². The van der Waals surface area contributed by atoms with Gasteiger partial charge in [-0.15, -0.1) is 0 Å². The van der Waals surface area contributed by atoms with E-state index in [0.717, 1.165) is 10.2 Å². The van der Waals surface area contributed by atoms with Crippen LogP contribution in [-0.4, -0.2) is 16.9 Å². The summed E-state index contributed by atoms with van der Waals surface area (Å²) >= 11 is 1.48. The Morgan fingerprint density at radius 2 is 2.21 bits per heavy atom. The molecule has 5 heteroatoms. The number of amides is 1. The van der Waals surface area contributed by atoms with E-state index >= 15 is 0 Å². The number of hydrogen-bond donors (Lipinski definition) is 2. The van der Waals surface area contributed by atoms with Crippen LogP contribution < -0.4 is 11.1 Å². The molecule has 0 unspecified atom stereocenters. The zero-order valence-electron chi connectivity index (χ0n) is 11.4. The van der Waals surface area contributed by atoms with E-state index in [1.165, 1.54) is 16.9 Å². The molecule has 3 N–H and O–H groups in total. The number of nitrogens with two attached hydrogens (primary N) is 1. The third-order valence-electron chi connectivity index (χ3n) is 2.84. The Labute approximate surface area is 117 Å². The highest BCUT2D eigenvalue weighted by Crippen LogP contribution is 2.26. The van der Waals surface area contributed by atoms with Crippen molar-refractivity contribution in [3.05, 3.63) is 23.8 Å². The number of thiazole rings is 1. The van der Waals surface area contributed by atoms with Crippen LogP contribution in [0.1, 0.15) is 25.8 Å². The highest BCUT2D eigenvalue weighted by molar-refractivity contribution is 7.22. The second-order valence-electron chi connectivity index (χ2n) is 5.22. The lowest BCUT2D eigenvalue weighted by Crippen LogP contribution is -2.36. The van der Waals surface area contributed by atoms with E-state index < -0.39 is 6.04 Å². The third kappa shape index (κ3) is 3.52. The summed E-state index contributed by atoms with van der Waals surface area (Å²) in [4.78, 5) is 16.3. The summed E-state index contributed by atoms with van der Waals surface area (Å²) in [6.07, 6.45) is 0.676. The van der Waals surface area contributed by atoms with E-state index in [2.05, 4.69) is 16.4 Å². The molecule has 2 rings (SSSR count). The van der Waals surface area contributed by atoms with Crippen LogP contribution in [-0.2, 0) is 4.79 Å². The molecule has 1 heterocycles. The predicted molar refractivity (Wildman–Crippen MR) is 80.4 cm³/mol. The number of benzene rings is 1. The summed E-state index contributed by atoms with van der Waals surface area (Å²) in [6, 6.07) is 5.56. The Bertz CT molecular complexity index is 591. The summed E-state index contributed by atoms with van der Waals surface area (Å²) in [6.45, 7) is 6.14. The van der Waals surface area contributed by atoms with Gasteiger partial charge in [0.1, 0.15) is 0 Å². The minimum Gasteiger partial charge on any atom is -0.320 e. The molecule has 102 valence electrons. The summed E-state index contributed by atoms with van der Waals surface area (Å²) in [7, 11) is 0. The van der Waals surface area contributed by atoms with Crippen molar-refractivity contribution in [1.29, 1.82) is 0 Å². The van der Waals surface area contributed by atoms with Gasteiger partial charge in [0, 0.05) is 0 Å². The first-order chi connectivity index (χ1) is 8.95. The molecular formula is C14H19N3OS. The van der Waals surface area contributed by atoms with Gasteiger partial charge in [0.2, 0.25) is 5.91 Å². The van der Waals surface area contributed by atoms with Gasteiger partial charge in [-0.1, -0.05) is 31.3 Å². The largest absolute Gasteiger partial charge is 0.320 e. The molecule has 0 fully saturated rings. The van der Waals surface area contributed by atoms with Crippen molar-refractivity contribution < 1.29 is 4.79 Å². The number of fused-ring (bicyclic) bond motifs is 1. The fourth-order valence-corrected chi connectivity index (χ4v) is 2.87. The zero-order valence-corrected chi connectivity index (χ0v) is 12.3. The highest BCUT2D eigenvalue weighted by Gasteiger charge is 2.16. The van der Waals surface area contributed by atoms with Gasteiger partial charge in [0.15, 0.2) is 5.13 Å². The van der Waals surface area contributed by atoms with Crippen molar-refractivity contribution >= 4 is 32.6 Å². The number of hydrogen-bond acceptors (Lipinski definition) is 4. The number of anilines is 1. The Morgan fingerprint density at radius 3 is 2.89 bits per heavy atom. The molecule has 0 saturated carbocycles. The Balaban J connectivity index is 2.10. The van der Waals surface area contributed by atoms with Gasteiger partial charge in [-0.3, -0.25) is 4.79 Å². The van der Waals surface area contributed by atoms with Gasteiger partial charge in [-0.2, -0.15) is 0 Å². The van der Waals surface area contributed by atoms with Crippen LogP contribution in [0.4, 0.5) is 5.13 Å². The van der Waals surface area contributed by atoms with E-state index in [4.69, 9.17) is 5.73 Å². The van der Waals surface area contributed by atoms with Crippen molar-refractivity contribution in [3.63, 3.8) is 0 Å². The summed E-state index contributed by atoms with van der Waals surface area (Å²) in [5.41, 5.74) is 7.94. The fourth-order valence-electron chi connectivity index (χ4n) is 1.90. The fraction of sp³-hybridized carbons (Fsp3) is 0.429. The predicted octanol–water partition coefficient (Wildman–Crippen LogP) is 2.92. The van der Waals surface area contributed by atoms with E-state index in [1.807, 2.05) is 32.9 Å². The van der Waals surface area contributed by atoms with Crippen molar-refractivity contribution in [2.45, 2.75) is 33.2 Å². The highest BCUT2D eigenvalue weighted by atomic mass is 32.1. The quantitative estimate of drug-likeness (QED) is 0.903. The molecule has 19 heavy (non-hydrogen) atoms. The molecule has 1 atom stereocenters. The zero-order chi connectivity index (χ0) is 14.0. The van der Waals surface area contributed by atoms with Crippen LogP contribution >= 0.6 is 11.3 Å². The maximum Gasteiger partial charge on any atom is 0.243 e. The topological polar surface area (TPSA) is 68.0 Å². The number of carbonyl (C=O) groups excluding carboxylic acids is 1. The van der Waals surface area contributed by atoms with Gasteiger partial charge < -0.3 is 11.1 Å². The average Bonchev–Trinajstić information content (AvgIpc) is 2.69.